The van der Waals surface area contributed by atoms with Crippen LogP contribution in [0.3, 0.4) is 0 Å². The number of ether oxygens (including phenoxy) is 1. The number of aliphatic imine (C=N–C) groups is 1. The molecular formula is C17H11NO2. The van der Waals surface area contributed by atoms with E-state index in [0.717, 1.165) is 33.0 Å². The summed E-state index contributed by atoms with van der Waals surface area (Å²) in [6, 6.07) is 13.2. The standard InChI is InChI=1S/C17H11NO2/c19-12-6-5-11-7-8-18-15-10-20-16-4-2-1-3-13(16)17(15)14(11)9-12/h1-10,19H. The zero-order valence-electron chi connectivity index (χ0n) is 10.6. The number of hydrogen-bond acceptors (Lipinski definition) is 3. The quantitative estimate of drug-likeness (QED) is 0.784. The van der Waals surface area contributed by atoms with Gasteiger partial charge >= 0.3 is 0 Å². The summed E-state index contributed by atoms with van der Waals surface area (Å²) in [5, 5.41) is 11.8. The van der Waals surface area contributed by atoms with Gasteiger partial charge in [-0.3, -0.25) is 4.99 Å². The molecule has 0 spiro atoms. The monoisotopic (exact) mass is 261 g/mol. The number of phenols is 1. The first-order chi connectivity index (χ1) is 9.83. The van der Waals surface area contributed by atoms with Gasteiger partial charge in [-0.25, -0.2) is 0 Å². The average Bonchev–Trinajstić information content (AvgIpc) is 2.66. The maximum absolute atomic E-state index is 9.80. The molecule has 2 aliphatic rings. The largest absolute Gasteiger partial charge is 0.508 e. The molecule has 0 radical (unpaired) electrons. The van der Waals surface area contributed by atoms with E-state index in [-0.39, 0.29) is 5.75 Å². The fraction of sp³-hybridized carbons (Fsp3) is 0. The van der Waals surface area contributed by atoms with Crippen LogP contribution in [-0.4, -0.2) is 11.3 Å². The van der Waals surface area contributed by atoms with Crippen molar-refractivity contribution >= 4 is 17.9 Å². The Kier molecular flexibility index (Phi) is 2.27. The second kappa shape index (κ2) is 4.10. The fourth-order valence-electron chi connectivity index (χ4n) is 2.57. The van der Waals surface area contributed by atoms with Crippen molar-refractivity contribution in [2.24, 2.45) is 4.99 Å². The lowest BCUT2D eigenvalue weighted by Crippen LogP contribution is -2.27. The van der Waals surface area contributed by atoms with Crippen LogP contribution >= 0.6 is 0 Å². The number of nitrogens with zero attached hydrogens (tertiary/aromatic N) is 1. The van der Waals surface area contributed by atoms with Gasteiger partial charge in [0.2, 0.25) is 0 Å². The van der Waals surface area contributed by atoms with E-state index in [9.17, 15) is 5.11 Å². The number of fused-ring (bicyclic) bond motifs is 4. The number of benzene rings is 2. The Labute approximate surface area is 115 Å². The summed E-state index contributed by atoms with van der Waals surface area (Å²) < 4.78 is 5.62. The first kappa shape index (κ1) is 11.1. The minimum Gasteiger partial charge on any atom is -0.508 e. The highest BCUT2D eigenvalue weighted by molar-refractivity contribution is 5.96. The third-order valence-electron chi connectivity index (χ3n) is 3.48. The lowest BCUT2D eigenvalue weighted by Gasteiger charge is -2.17. The molecule has 96 valence electrons. The molecule has 20 heavy (non-hydrogen) atoms. The lowest BCUT2D eigenvalue weighted by atomic mass is 9.97. The van der Waals surface area contributed by atoms with Crippen LogP contribution in [0.15, 0.2) is 59.4 Å². The van der Waals surface area contributed by atoms with E-state index in [0.29, 0.717) is 0 Å². The Morgan fingerprint density at radius 3 is 2.90 bits per heavy atom. The van der Waals surface area contributed by atoms with Gasteiger partial charge in [-0.1, -0.05) is 24.3 Å². The van der Waals surface area contributed by atoms with Gasteiger partial charge in [0.05, 0.1) is 0 Å². The molecule has 3 nitrogen and oxygen atoms in total. The molecule has 0 unspecified atom stereocenters. The second-order valence-corrected chi connectivity index (χ2v) is 4.71. The van der Waals surface area contributed by atoms with Gasteiger partial charge in [0.15, 0.2) is 0 Å². The van der Waals surface area contributed by atoms with Crippen molar-refractivity contribution in [3.8, 4) is 11.5 Å². The first-order valence-electron chi connectivity index (χ1n) is 6.37. The van der Waals surface area contributed by atoms with Gasteiger partial charge in [0.1, 0.15) is 23.5 Å². The van der Waals surface area contributed by atoms with Gasteiger partial charge in [-0.05, 0) is 34.7 Å². The van der Waals surface area contributed by atoms with E-state index in [1.54, 1.807) is 24.6 Å². The number of para-hydroxylation sites is 1. The van der Waals surface area contributed by atoms with Crippen LogP contribution in [0.4, 0.5) is 0 Å². The highest BCUT2D eigenvalue weighted by atomic mass is 16.5. The van der Waals surface area contributed by atoms with Crippen molar-refractivity contribution in [3.63, 3.8) is 0 Å². The Morgan fingerprint density at radius 1 is 1.05 bits per heavy atom. The maximum atomic E-state index is 9.80. The Bertz CT molecular complexity index is 891. The van der Waals surface area contributed by atoms with Crippen LogP contribution in [-0.2, 0) is 0 Å². The highest BCUT2D eigenvalue weighted by Gasteiger charge is 2.19. The summed E-state index contributed by atoms with van der Waals surface area (Å²) in [4.78, 5) is 4.43. The van der Waals surface area contributed by atoms with Crippen molar-refractivity contribution in [2.75, 3.05) is 0 Å². The molecule has 1 N–H and O–H groups in total. The molecule has 2 aliphatic heterocycles. The maximum Gasteiger partial charge on any atom is 0.134 e. The van der Waals surface area contributed by atoms with Gasteiger partial charge in [-0.2, -0.15) is 0 Å². The summed E-state index contributed by atoms with van der Waals surface area (Å²) in [6.07, 6.45) is 5.34. The van der Waals surface area contributed by atoms with E-state index in [1.807, 2.05) is 36.4 Å². The van der Waals surface area contributed by atoms with Crippen LogP contribution < -0.4 is 15.2 Å². The molecule has 0 amide bonds. The zero-order chi connectivity index (χ0) is 13.5. The van der Waals surface area contributed by atoms with E-state index in [4.69, 9.17) is 4.74 Å². The molecule has 0 saturated heterocycles. The summed E-state index contributed by atoms with van der Waals surface area (Å²) in [7, 11) is 0. The smallest absolute Gasteiger partial charge is 0.134 e. The Balaban J connectivity index is 2.21. The van der Waals surface area contributed by atoms with Gasteiger partial charge in [0.25, 0.3) is 0 Å². The number of aromatic hydroxyl groups is 1. The van der Waals surface area contributed by atoms with Gasteiger partial charge < -0.3 is 9.84 Å². The van der Waals surface area contributed by atoms with E-state index in [2.05, 4.69) is 4.99 Å². The minimum atomic E-state index is 0.245. The fourth-order valence-corrected chi connectivity index (χ4v) is 2.57. The number of allylic oxidation sites excluding steroid dienone is 1. The molecule has 3 heteroatoms. The predicted octanol–water partition coefficient (Wildman–Crippen LogP) is 1.69. The zero-order valence-corrected chi connectivity index (χ0v) is 10.6. The first-order valence-corrected chi connectivity index (χ1v) is 6.37. The normalized spacial score (nSPS) is 15.0. The molecule has 0 bridgehead atoms. The third kappa shape index (κ3) is 1.57. The van der Waals surface area contributed by atoms with Gasteiger partial charge in [-0.15, -0.1) is 0 Å². The molecule has 2 heterocycles. The van der Waals surface area contributed by atoms with Crippen molar-refractivity contribution in [3.05, 3.63) is 70.4 Å². The molecular weight excluding hydrogens is 250 g/mol. The molecule has 0 fully saturated rings. The molecule has 2 aromatic carbocycles. The van der Waals surface area contributed by atoms with E-state index >= 15 is 0 Å². The molecule has 0 aromatic heterocycles. The summed E-state index contributed by atoms with van der Waals surface area (Å²) in [6.45, 7) is 0. The van der Waals surface area contributed by atoms with Crippen LogP contribution in [0.5, 0.6) is 11.5 Å². The highest BCUT2D eigenvalue weighted by Crippen LogP contribution is 2.34. The molecule has 0 aliphatic carbocycles. The topological polar surface area (TPSA) is 41.8 Å². The summed E-state index contributed by atoms with van der Waals surface area (Å²) >= 11 is 0. The van der Waals surface area contributed by atoms with Crippen molar-refractivity contribution < 1.29 is 9.84 Å². The molecule has 2 aromatic rings. The van der Waals surface area contributed by atoms with E-state index in [1.165, 1.54) is 0 Å². The van der Waals surface area contributed by atoms with Crippen molar-refractivity contribution in [1.82, 2.24) is 0 Å². The number of phenolic OH excluding ortho intramolecular Hbond substituents is 1. The second-order valence-electron chi connectivity index (χ2n) is 4.71. The number of hydrogen-bond donors (Lipinski definition) is 1. The van der Waals surface area contributed by atoms with Crippen LogP contribution in [0.2, 0.25) is 0 Å². The summed E-state index contributed by atoms with van der Waals surface area (Å²) in [5.74, 6) is 1.05. The number of rotatable bonds is 0. The molecule has 0 atom stereocenters. The SMILES string of the molecule is Oc1ccc2c(c1)=C1C(=COc3ccccc31)N=CC=2. The third-order valence-corrected chi connectivity index (χ3v) is 3.48. The molecule has 0 saturated carbocycles. The average molecular weight is 261 g/mol. The lowest BCUT2D eigenvalue weighted by molar-refractivity contribution is 0.469. The molecule has 4 rings (SSSR count). The Morgan fingerprint density at radius 2 is 1.95 bits per heavy atom. The Hall–Kier alpha value is -2.81. The van der Waals surface area contributed by atoms with Crippen LogP contribution in [0.1, 0.15) is 5.56 Å². The van der Waals surface area contributed by atoms with Crippen molar-refractivity contribution in [2.45, 2.75) is 0 Å². The van der Waals surface area contributed by atoms with Crippen LogP contribution in [0.25, 0.3) is 11.6 Å². The van der Waals surface area contributed by atoms with Crippen molar-refractivity contribution in [1.29, 1.82) is 0 Å². The van der Waals surface area contributed by atoms with Crippen LogP contribution in [0, 0.1) is 0 Å². The van der Waals surface area contributed by atoms with E-state index < -0.39 is 0 Å². The minimum absolute atomic E-state index is 0.245. The summed E-state index contributed by atoms with van der Waals surface area (Å²) in [5.41, 5.74) is 2.75. The predicted molar refractivity (Wildman–Crippen MR) is 78.0 cm³/mol. The van der Waals surface area contributed by atoms with Gasteiger partial charge in [0, 0.05) is 17.4 Å².